The Morgan fingerprint density at radius 2 is 1.87 bits per heavy atom. The van der Waals surface area contributed by atoms with Crippen molar-refractivity contribution in [1.29, 1.82) is 0 Å². The van der Waals surface area contributed by atoms with Gasteiger partial charge in [0.1, 0.15) is 0 Å². The van der Waals surface area contributed by atoms with Gasteiger partial charge in [-0.1, -0.05) is 12.5 Å². The van der Waals surface area contributed by atoms with Crippen LogP contribution in [0.15, 0.2) is 49.1 Å². The Morgan fingerprint density at radius 3 is 2.50 bits per heavy atom. The quantitative estimate of drug-likeness (QED) is 0.679. The first-order valence-corrected chi connectivity index (χ1v) is 9.92. The Balaban J connectivity index is 1.55. The van der Waals surface area contributed by atoms with E-state index in [1.54, 1.807) is 36.5 Å². The van der Waals surface area contributed by atoms with Crippen molar-refractivity contribution in [2.45, 2.75) is 32.2 Å². The lowest BCUT2D eigenvalue weighted by atomic mass is 9.79. The zero-order valence-electron chi connectivity index (χ0n) is 16.9. The lowest BCUT2D eigenvalue weighted by Gasteiger charge is -2.38. The van der Waals surface area contributed by atoms with Gasteiger partial charge < -0.3 is 10.2 Å². The van der Waals surface area contributed by atoms with E-state index < -0.39 is 5.82 Å². The molecule has 2 amide bonds. The molecule has 0 aliphatic heterocycles. The first-order chi connectivity index (χ1) is 14.5. The van der Waals surface area contributed by atoms with Gasteiger partial charge in [-0.25, -0.2) is 29.1 Å². The fourth-order valence-electron chi connectivity index (χ4n) is 3.65. The number of carbonyl (C=O) groups excluding carboxylic acids is 1. The molecule has 0 radical (unpaired) electrons. The Morgan fingerprint density at radius 1 is 1.17 bits per heavy atom. The fourth-order valence-corrected chi connectivity index (χ4v) is 3.65. The summed E-state index contributed by atoms with van der Waals surface area (Å²) < 4.78 is 13.2. The molecular weight excluding hydrogens is 383 g/mol. The topological polar surface area (TPSA) is 83.9 Å². The highest BCUT2D eigenvalue weighted by Crippen LogP contribution is 2.39. The maximum Gasteiger partial charge on any atom is 0.322 e. The molecule has 1 aromatic carbocycles. The van der Waals surface area contributed by atoms with E-state index in [0.29, 0.717) is 23.3 Å². The summed E-state index contributed by atoms with van der Waals surface area (Å²) in [5.41, 5.74) is 2.28. The first-order valence-electron chi connectivity index (χ1n) is 9.92. The summed E-state index contributed by atoms with van der Waals surface area (Å²) >= 11 is 0. The van der Waals surface area contributed by atoms with Crippen LogP contribution < -0.4 is 5.32 Å². The van der Waals surface area contributed by atoms with Crippen molar-refractivity contribution in [2.24, 2.45) is 5.92 Å². The minimum absolute atomic E-state index is 0.176. The third kappa shape index (κ3) is 4.12. The molecule has 7 nitrogen and oxygen atoms in total. The molecule has 30 heavy (non-hydrogen) atoms. The van der Waals surface area contributed by atoms with Crippen LogP contribution in [-0.4, -0.2) is 37.9 Å². The number of hydrogen-bond acceptors (Lipinski definition) is 5. The Kier molecular flexibility index (Phi) is 5.65. The summed E-state index contributed by atoms with van der Waals surface area (Å²) in [4.78, 5) is 31.6. The number of nitrogens with zero attached hydrogens (tertiary/aromatic N) is 5. The second kappa shape index (κ2) is 8.52. The van der Waals surface area contributed by atoms with Crippen molar-refractivity contribution in [3.05, 3.63) is 66.3 Å². The SMILES string of the molecule is Cc1ccc(NC(=O)N(C)[C@@H](c2ncccn2)C2CCC2)cc1-c1ncc(F)cn1. The molecule has 2 heterocycles. The van der Waals surface area contributed by atoms with Gasteiger partial charge in [0.2, 0.25) is 0 Å². The number of halogens is 1. The van der Waals surface area contributed by atoms with Crippen LogP contribution in [0.25, 0.3) is 11.4 Å². The Hall–Kier alpha value is -3.42. The average Bonchev–Trinajstić information content (AvgIpc) is 2.72. The highest BCUT2D eigenvalue weighted by Gasteiger charge is 2.35. The lowest BCUT2D eigenvalue weighted by Crippen LogP contribution is -2.41. The van der Waals surface area contributed by atoms with E-state index >= 15 is 0 Å². The van der Waals surface area contributed by atoms with Gasteiger partial charge in [-0.05, 0) is 49.4 Å². The van der Waals surface area contributed by atoms with Crippen molar-refractivity contribution in [2.75, 3.05) is 12.4 Å². The Labute approximate surface area is 174 Å². The predicted octanol–water partition coefficient (Wildman–Crippen LogP) is 4.39. The van der Waals surface area contributed by atoms with Gasteiger partial charge in [0, 0.05) is 30.7 Å². The van der Waals surface area contributed by atoms with E-state index in [1.165, 1.54) is 0 Å². The zero-order chi connectivity index (χ0) is 21.1. The third-order valence-corrected chi connectivity index (χ3v) is 5.53. The fraction of sp³-hybridized carbons (Fsp3) is 0.318. The van der Waals surface area contributed by atoms with Crippen LogP contribution in [0.2, 0.25) is 0 Å². The molecule has 0 spiro atoms. The molecule has 1 saturated carbocycles. The molecule has 1 N–H and O–H groups in total. The predicted molar refractivity (Wildman–Crippen MR) is 111 cm³/mol. The molecule has 1 aliphatic rings. The van der Waals surface area contributed by atoms with Crippen molar-refractivity contribution in [1.82, 2.24) is 24.8 Å². The van der Waals surface area contributed by atoms with Gasteiger partial charge in [-0.15, -0.1) is 0 Å². The van der Waals surface area contributed by atoms with Crippen molar-refractivity contribution in [3.63, 3.8) is 0 Å². The van der Waals surface area contributed by atoms with Crippen LogP contribution in [0, 0.1) is 18.7 Å². The molecular formula is C22H23FN6O. The second-order valence-electron chi connectivity index (χ2n) is 7.54. The summed E-state index contributed by atoms with van der Waals surface area (Å²) in [6.45, 7) is 1.92. The van der Waals surface area contributed by atoms with Gasteiger partial charge in [-0.2, -0.15) is 0 Å². The van der Waals surface area contributed by atoms with Crippen molar-refractivity contribution >= 4 is 11.7 Å². The minimum Gasteiger partial charge on any atom is -0.317 e. The van der Waals surface area contributed by atoms with E-state index in [0.717, 1.165) is 42.8 Å². The Bertz CT molecular complexity index is 1020. The van der Waals surface area contributed by atoms with Crippen LogP contribution in [0.1, 0.15) is 36.7 Å². The number of rotatable bonds is 5. The molecule has 0 saturated heterocycles. The number of amides is 2. The van der Waals surface area contributed by atoms with Crippen LogP contribution in [0.4, 0.5) is 14.9 Å². The third-order valence-electron chi connectivity index (χ3n) is 5.53. The highest BCUT2D eigenvalue weighted by molar-refractivity contribution is 5.90. The molecule has 1 atom stereocenters. The number of hydrogen-bond donors (Lipinski definition) is 1. The van der Waals surface area contributed by atoms with Crippen LogP contribution in [-0.2, 0) is 0 Å². The summed E-state index contributed by atoms with van der Waals surface area (Å²) in [5.74, 6) is 0.921. The van der Waals surface area contributed by atoms with E-state index in [4.69, 9.17) is 0 Å². The van der Waals surface area contributed by atoms with E-state index in [9.17, 15) is 9.18 Å². The highest BCUT2D eigenvalue weighted by atomic mass is 19.1. The summed E-state index contributed by atoms with van der Waals surface area (Å²) in [5, 5.41) is 2.95. The molecule has 0 bridgehead atoms. The van der Waals surface area contributed by atoms with Crippen LogP contribution >= 0.6 is 0 Å². The maximum atomic E-state index is 13.2. The summed E-state index contributed by atoms with van der Waals surface area (Å²) in [6.07, 6.45) is 8.92. The molecule has 4 rings (SSSR count). The normalized spacial score (nSPS) is 14.6. The number of anilines is 1. The summed E-state index contributed by atoms with van der Waals surface area (Å²) in [6, 6.07) is 6.85. The second-order valence-corrected chi connectivity index (χ2v) is 7.54. The van der Waals surface area contributed by atoms with Gasteiger partial charge in [0.05, 0.1) is 18.4 Å². The molecule has 3 aromatic rings. The number of urea groups is 1. The molecule has 1 aliphatic carbocycles. The van der Waals surface area contributed by atoms with E-state index in [1.807, 2.05) is 19.1 Å². The number of nitrogens with one attached hydrogen (secondary N) is 1. The molecule has 8 heteroatoms. The van der Waals surface area contributed by atoms with E-state index in [2.05, 4.69) is 25.3 Å². The average molecular weight is 406 g/mol. The maximum absolute atomic E-state index is 13.2. The smallest absolute Gasteiger partial charge is 0.317 e. The zero-order valence-corrected chi connectivity index (χ0v) is 16.9. The molecule has 2 aromatic heterocycles. The van der Waals surface area contributed by atoms with Gasteiger partial charge in [0.25, 0.3) is 0 Å². The van der Waals surface area contributed by atoms with E-state index in [-0.39, 0.29) is 12.1 Å². The minimum atomic E-state index is -0.493. The summed E-state index contributed by atoms with van der Waals surface area (Å²) in [7, 11) is 1.77. The number of benzene rings is 1. The van der Waals surface area contributed by atoms with Gasteiger partial charge in [-0.3, -0.25) is 0 Å². The molecule has 154 valence electrons. The van der Waals surface area contributed by atoms with Crippen molar-refractivity contribution < 1.29 is 9.18 Å². The van der Waals surface area contributed by atoms with Crippen molar-refractivity contribution in [3.8, 4) is 11.4 Å². The van der Waals surface area contributed by atoms with Gasteiger partial charge in [0.15, 0.2) is 17.5 Å². The molecule has 1 fully saturated rings. The molecule has 0 unspecified atom stereocenters. The first kappa shape index (κ1) is 19.9. The van der Waals surface area contributed by atoms with Gasteiger partial charge >= 0.3 is 6.03 Å². The number of aryl methyl sites for hydroxylation is 1. The van der Waals surface area contributed by atoms with Crippen LogP contribution in [0.3, 0.4) is 0 Å². The van der Waals surface area contributed by atoms with Crippen LogP contribution in [0.5, 0.6) is 0 Å². The monoisotopic (exact) mass is 406 g/mol. The number of carbonyl (C=O) groups is 1. The standard InChI is InChI=1S/C22H23FN6O/c1-14-7-8-17(11-18(14)20-26-12-16(23)13-27-20)28-22(30)29(2)19(15-5-3-6-15)21-24-9-4-10-25-21/h4,7-13,15,19H,3,5-6H2,1-2H3,(H,28,30)/t19-/m1/s1. The largest absolute Gasteiger partial charge is 0.322 e. The lowest BCUT2D eigenvalue weighted by molar-refractivity contribution is 0.132. The number of aromatic nitrogens is 4.